The molecular weight excluding hydrogens is 358 g/mol. The van der Waals surface area contributed by atoms with Gasteiger partial charge in [0.1, 0.15) is 5.75 Å². The summed E-state index contributed by atoms with van der Waals surface area (Å²) < 4.78 is 10.3. The topological polar surface area (TPSA) is 81.7 Å². The highest BCUT2D eigenvalue weighted by Gasteiger charge is 2.13. The average molecular weight is 383 g/mol. The lowest BCUT2D eigenvalue weighted by Gasteiger charge is -2.15. The van der Waals surface area contributed by atoms with Gasteiger partial charge in [0.25, 0.3) is 5.91 Å². The van der Waals surface area contributed by atoms with Crippen LogP contribution in [0.4, 0.5) is 5.69 Å². The molecule has 0 heterocycles. The Balaban J connectivity index is 1.80. The van der Waals surface area contributed by atoms with Crippen LogP contribution in [0, 0.1) is 0 Å². The molecule has 0 bridgehead atoms. The molecule has 0 aromatic heterocycles. The summed E-state index contributed by atoms with van der Waals surface area (Å²) >= 11 is 0. The van der Waals surface area contributed by atoms with Gasteiger partial charge in [0.05, 0.1) is 0 Å². The van der Waals surface area contributed by atoms with Gasteiger partial charge in [0.15, 0.2) is 19.0 Å². The first-order valence-corrected chi connectivity index (χ1v) is 9.19. The Morgan fingerprint density at radius 1 is 1.00 bits per heavy atom. The standard InChI is InChI=1S/C22H25NO5/c1-4-15(2)19-7-5-6-8-20(19)23-21(25)13-28-22(26)14-27-18-11-9-17(10-12-18)16(3)24/h5-12,15H,4,13-14H2,1-3H3,(H,23,25)/t15-/m1/s1. The summed E-state index contributed by atoms with van der Waals surface area (Å²) in [7, 11) is 0. The van der Waals surface area contributed by atoms with Crippen molar-refractivity contribution in [3.8, 4) is 5.75 Å². The molecule has 0 radical (unpaired) electrons. The Kier molecular flexibility index (Phi) is 7.75. The largest absolute Gasteiger partial charge is 0.482 e. The molecule has 148 valence electrons. The minimum absolute atomic E-state index is 0.0492. The minimum atomic E-state index is -0.652. The van der Waals surface area contributed by atoms with Gasteiger partial charge in [0.2, 0.25) is 0 Å². The van der Waals surface area contributed by atoms with Crippen molar-refractivity contribution in [3.05, 3.63) is 59.7 Å². The first-order chi connectivity index (χ1) is 13.4. The number of amides is 1. The van der Waals surface area contributed by atoms with Crippen LogP contribution in [0.2, 0.25) is 0 Å². The number of esters is 1. The molecular formula is C22H25NO5. The normalized spacial score (nSPS) is 11.4. The van der Waals surface area contributed by atoms with E-state index in [4.69, 9.17) is 9.47 Å². The molecule has 2 rings (SSSR count). The summed E-state index contributed by atoms with van der Waals surface area (Å²) in [5, 5.41) is 2.78. The highest BCUT2D eigenvalue weighted by molar-refractivity contribution is 5.94. The Labute approximate surface area is 164 Å². The summed E-state index contributed by atoms with van der Waals surface area (Å²) in [6, 6.07) is 14.0. The maximum Gasteiger partial charge on any atom is 0.344 e. The predicted molar refractivity (Wildman–Crippen MR) is 107 cm³/mol. The number of hydrogen-bond acceptors (Lipinski definition) is 5. The molecule has 6 heteroatoms. The van der Waals surface area contributed by atoms with E-state index in [9.17, 15) is 14.4 Å². The van der Waals surface area contributed by atoms with E-state index in [0.717, 1.165) is 17.7 Å². The van der Waals surface area contributed by atoms with Crippen LogP contribution < -0.4 is 10.1 Å². The number of ether oxygens (including phenoxy) is 2. The third kappa shape index (κ3) is 6.23. The van der Waals surface area contributed by atoms with Crippen molar-refractivity contribution in [1.82, 2.24) is 0 Å². The fraction of sp³-hybridized carbons (Fsp3) is 0.318. The van der Waals surface area contributed by atoms with Gasteiger partial charge in [-0.1, -0.05) is 32.0 Å². The number of ketones is 1. The van der Waals surface area contributed by atoms with Crippen molar-refractivity contribution < 1.29 is 23.9 Å². The average Bonchev–Trinajstić information content (AvgIpc) is 2.70. The number of nitrogens with one attached hydrogen (secondary N) is 1. The molecule has 6 nitrogen and oxygen atoms in total. The molecule has 2 aromatic carbocycles. The van der Waals surface area contributed by atoms with Crippen LogP contribution in [0.5, 0.6) is 5.75 Å². The second-order valence-electron chi connectivity index (χ2n) is 6.47. The SMILES string of the molecule is CC[C@@H](C)c1ccccc1NC(=O)COC(=O)COc1ccc(C(C)=O)cc1. The van der Waals surface area contributed by atoms with Crippen molar-refractivity contribution >= 4 is 23.3 Å². The zero-order valence-electron chi connectivity index (χ0n) is 16.4. The van der Waals surface area contributed by atoms with E-state index < -0.39 is 11.9 Å². The van der Waals surface area contributed by atoms with Gasteiger partial charge in [-0.3, -0.25) is 9.59 Å². The second-order valence-corrected chi connectivity index (χ2v) is 6.47. The smallest absolute Gasteiger partial charge is 0.344 e. The molecule has 0 fully saturated rings. The zero-order chi connectivity index (χ0) is 20.5. The van der Waals surface area contributed by atoms with Crippen LogP contribution in [-0.4, -0.2) is 30.9 Å². The number of para-hydroxylation sites is 1. The number of carbonyl (C=O) groups excluding carboxylic acids is 3. The molecule has 0 saturated carbocycles. The second kappa shape index (κ2) is 10.3. The van der Waals surface area contributed by atoms with Gasteiger partial charge in [-0.2, -0.15) is 0 Å². The van der Waals surface area contributed by atoms with Crippen LogP contribution in [0.25, 0.3) is 0 Å². The molecule has 0 aliphatic heterocycles. The Bertz CT molecular complexity index is 829. The van der Waals surface area contributed by atoms with E-state index in [-0.39, 0.29) is 19.0 Å². The van der Waals surface area contributed by atoms with Gasteiger partial charge in [0, 0.05) is 11.3 Å². The molecule has 0 aliphatic carbocycles. The molecule has 0 spiro atoms. The number of carbonyl (C=O) groups is 3. The summed E-state index contributed by atoms with van der Waals surface area (Å²) in [4.78, 5) is 35.1. The lowest BCUT2D eigenvalue weighted by Crippen LogP contribution is -2.24. The Morgan fingerprint density at radius 2 is 1.68 bits per heavy atom. The van der Waals surface area contributed by atoms with Crippen LogP contribution in [-0.2, 0) is 14.3 Å². The van der Waals surface area contributed by atoms with Gasteiger partial charge >= 0.3 is 5.97 Å². The number of anilines is 1. The maximum absolute atomic E-state index is 12.1. The summed E-state index contributed by atoms with van der Waals surface area (Å²) in [6.07, 6.45) is 0.951. The Hall–Kier alpha value is -3.15. The molecule has 2 aromatic rings. The van der Waals surface area contributed by atoms with Gasteiger partial charge in [-0.05, 0) is 55.2 Å². The highest BCUT2D eigenvalue weighted by Crippen LogP contribution is 2.26. The number of benzene rings is 2. The summed E-state index contributed by atoms with van der Waals surface area (Å²) in [5.41, 5.74) is 2.32. The minimum Gasteiger partial charge on any atom is -0.482 e. The zero-order valence-corrected chi connectivity index (χ0v) is 16.4. The molecule has 0 saturated heterocycles. The quantitative estimate of drug-likeness (QED) is 0.523. The lowest BCUT2D eigenvalue weighted by molar-refractivity contribution is -0.149. The maximum atomic E-state index is 12.1. The van der Waals surface area contributed by atoms with E-state index in [1.807, 2.05) is 24.3 Å². The van der Waals surface area contributed by atoms with Gasteiger partial charge in [-0.15, -0.1) is 0 Å². The highest BCUT2D eigenvalue weighted by atomic mass is 16.6. The molecule has 0 aliphatic rings. The van der Waals surface area contributed by atoms with Crippen molar-refractivity contribution in [2.75, 3.05) is 18.5 Å². The molecule has 1 amide bonds. The van der Waals surface area contributed by atoms with E-state index in [1.165, 1.54) is 6.92 Å². The third-order valence-corrected chi connectivity index (χ3v) is 4.36. The number of rotatable bonds is 9. The van der Waals surface area contributed by atoms with Crippen molar-refractivity contribution in [3.63, 3.8) is 0 Å². The molecule has 0 unspecified atom stereocenters. The van der Waals surface area contributed by atoms with Crippen molar-refractivity contribution in [1.29, 1.82) is 0 Å². The van der Waals surface area contributed by atoms with Crippen LogP contribution in [0.15, 0.2) is 48.5 Å². The van der Waals surface area contributed by atoms with Crippen molar-refractivity contribution in [2.24, 2.45) is 0 Å². The summed E-state index contributed by atoms with van der Waals surface area (Å²) in [6.45, 7) is 4.93. The molecule has 1 N–H and O–H groups in total. The first-order valence-electron chi connectivity index (χ1n) is 9.19. The first kappa shape index (κ1) is 21.2. The fourth-order valence-corrected chi connectivity index (χ4v) is 2.56. The Morgan fingerprint density at radius 3 is 2.32 bits per heavy atom. The van der Waals surface area contributed by atoms with E-state index in [1.54, 1.807) is 24.3 Å². The fourth-order valence-electron chi connectivity index (χ4n) is 2.56. The van der Waals surface area contributed by atoms with Gasteiger partial charge < -0.3 is 14.8 Å². The van der Waals surface area contributed by atoms with Crippen LogP contribution >= 0.6 is 0 Å². The molecule has 1 atom stereocenters. The van der Waals surface area contributed by atoms with Crippen molar-refractivity contribution in [2.45, 2.75) is 33.1 Å². The van der Waals surface area contributed by atoms with E-state index in [2.05, 4.69) is 19.2 Å². The third-order valence-electron chi connectivity index (χ3n) is 4.36. The van der Waals surface area contributed by atoms with Crippen LogP contribution in [0.1, 0.15) is 49.0 Å². The number of Topliss-reactive ketones (excluding diaryl/α,β-unsaturated/α-hetero) is 1. The predicted octanol–water partition coefficient (Wildman–Crippen LogP) is 3.96. The monoisotopic (exact) mass is 383 g/mol. The lowest BCUT2D eigenvalue weighted by atomic mass is 9.97. The number of hydrogen-bond donors (Lipinski definition) is 1. The summed E-state index contributed by atoms with van der Waals surface area (Å²) in [5.74, 6) is -0.362. The van der Waals surface area contributed by atoms with Gasteiger partial charge in [-0.25, -0.2) is 4.79 Å². The molecule has 28 heavy (non-hydrogen) atoms. The van der Waals surface area contributed by atoms with E-state index in [0.29, 0.717) is 17.2 Å². The van der Waals surface area contributed by atoms with E-state index >= 15 is 0 Å². The van der Waals surface area contributed by atoms with Crippen LogP contribution in [0.3, 0.4) is 0 Å².